The summed E-state index contributed by atoms with van der Waals surface area (Å²) >= 11 is 0. The van der Waals surface area contributed by atoms with Gasteiger partial charge in [-0.05, 0) is 5.56 Å². The number of anilines is 1. The molecule has 0 aliphatic carbocycles. The zero-order valence-electron chi connectivity index (χ0n) is 8.93. The van der Waals surface area contributed by atoms with Crippen molar-refractivity contribution < 1.29 is 0 Å². The molecule has 2 rings (SSSR count). The fourth-order valence-electron chi connectivity index (χ4n) is 1.48. The lowest BCUT2D eigenvalue weighted by Gasteiger charge is -2.04. The van der Waals surface area contributed by atoms with Gasteiger partial charge in [0, 0.05) is 24.7 Å². The monoisotopic (exact) mass is 214 g/mol. The van der Waals surface area contributed by atoms with E-state index in [1.807, 2.05) is 30.3 Å². The molecule has 0 unspecified atom stereocenters. The second-order valence-corrected chi connectivity index (χ2v) is 3.56. The molecule has 1 aromatic heterocycles. The Morgan fingerprint density at radius 3 is 2.50 bits per heavy atom. The van der Waals surface area contributed by atoms with Crippen molar-refractivity contribution in [1.82, 2.24) is 9.97 Å². The van der Waals surface area contributed by atoms with Crippen LogP contribution in [0.15, 0.2) is 36.5 Å². The van der Waals surface area contributed by atoms with Crippen molar-refractivity contribution in [2.75, 3.05) is 5.73 Å². The fraction of sp³-hybridized carbons (Fsp3) is 0.167. The van der Waals surface area contributed by atoms with Crippen LogP contribution >= 0.6 is 0 Å². The van der Waals surface area contributed by atoms with Gasteiger partial charge in [-0.1, -0.05) is 30.3 Å². The Bertz CT molecular complexity index is 468. The van der Waals surface area contributed by atoms with Gasteiger partial charge < -0.3 is 11.5 Å². The van der Waals surface area contributed by atoms with Crippen molar-refractivity contribution in [1.29, 1.82) is 0 Å². The molecule has 4 heteroatoms. The smallest absolute Gasteiger partial charge is 0.135 e. The lowest BCUT2D eigenvalue weighted by atomic mass is 10.1. The normalized spacial score (nSPS) is 10.3. The number of hydrogen-bond donors (Lipinski definition) is 2. The topological polar surface area (TPSA) is 77.8 Å². The average Bonchev–Trinajstić information content (AvgIpc) is 2.31. The van der Waals surface area contributed by atoms with E-state index in [4.69, 9.17) is 11.5 Å². The number of rotatable bonds is 3. The molecule has 16 heavy (non-hydrogen) atoms. The molecule has 0 radical (unpaired) electrons. The second kappa shape index (κ2) is 4.72. The van der Waals surface area contributed by atoms with E-state index < -0.39 is 0 Å². The Morgan fingerprint density at radius 2 is 1.88 bits per heavy atom. The molecular formula is C12H14N4. The minimum absolute atomic E-state index is 0.372. The molecule has 4 nitrogen and oxygen atoms in total. The first-order valence-electron chi connectivity index (χ1n) is 5.14. The summed E-state index contributed by atoms with van der Waals surface area (Å²) < 4.78 is 0. The molecule has 82 valence electrons. The van der Waals surface area contributed by atoms with Gasteiger partial charge in [-0.25, -0.2) is 9.97 Å². The van der Waals surface area contributed by atoms with E-state index >= 15 is 0 Å². The lowest BCUT2D eigenvalue weighted by molar-refractivity contribution is 0.934. The second-order valence-electron chi connectivity index (χ2n) is 3.56. The molecule has 1 aromatic carbocycles. The van der Waals surface area contributed by atoms with Gasteiger partial charge in [0.05, 0.1) is 0 Å². The third kappa shape index (κ3) is 2.35. The van der Waals surface area contributed by atoms with Gasteiger partial charge >= 0.3 is 0 Å². The highest BCUT2D eigenvalue weighted by molar-refractivity contribution is 5.37. The first kappa shape index (κ1) is 10.6. The molecule has 0 saturated carbocycles. The molecule has 0 spiro atoms. The Hall–Kier alpha value is -1.94. The van der Waals surface area contributed by atoms with E-state index in [-0.39, 0.29) is 0 Å². The minimum atomic E-state index is 0.372. The van der Waals surface area contributed by atoms with E-state index in [1.165, 1.54) is 5.56 Å². The SMILES string of the molecule is NCc1cnc(Cc2ccccc2)nc1N. The van der Waals surface area contributed by atoms with E-state index in [0.717, 1.165) is 11.4 Å². The highest BCUT2D eigenvalue weighted by atomic mass is 14.9. The zero-order chi connectivity index (χ0) is 11.4. The summed E-state index contributed by atoms with van der Waals surface area (Å²) in [5, 5.41) is 0. The molecule has 0 amide bonds. The predicted octanol–water partition coefficient (Wildman–Crippen LogP) is 1.11. The van der Waals surface area contributed by atoms with E-state index in [9.17, 15) is 0 Å². The van der Waals surface area contributed by atoms with Crippen molar-refractivity contribution in [2.45, 2.75) is 13.0 Å². The maximum Gasteiger partial charge on any atom is 0.135 e. The third-order valence-electron chi connectivity index (χ3n) is 2.37. The number of nitrogens with zero attached hydrogens (tertiary/aromatic N) is 2. The maximum absolute atomic E-state index is 5.75. The maximum atomic E-state index is 5.75. The number of aromatic nitrogens is 2. The molecule has 4 N–H and O–H groups in total. The quantitative estimate of drug-likeness (QED) is 0.802. The summed E-state index contributed by atoms with van der Waals surface area (Å²) in [4.78, 5) is 8.46. The number of hydrogen-bond acceptors (Lipinski definition) is 4. The van der Waals surface area contributed by atoms with Crippen LogP contribution in [0.4, 0.5) is 5.82 Å². The summed E-state index contributed by atoms with van der Waals surface area (Å²) in [5.41, 5.74) is 13.2. The van der Waals surface area contributed by atoms with Crippen molar-refractivity contribution in [2.24, 2.45) is 5.73 Å². The van der Waals surface area contributed by atoms with E-state index in [0.29, 0.717) is 18.8 Å². The average molecular weight is 214 g/mol. The molecule has 0 aliphatic rings. The van der Waals surface area contributed by atoms with Crippen LogP contribution in [0.3, 0.4) is 0 Å². The fourth-order valence-corrected chi connectivity index (χ4v) is 1.48. The summed E-state index contributed by atoms with van der Waals surface area (Å²) in [6.07, 6.45) is 2.39. The molecule has 0 fully saturated rings. The van der Waals surface area contributed by atoms with Gasteiger partial charge in [0.1, 0.15) is 11.6 Å². The summed E-state index contributed by atoms with van der Waals surface area (Å²) in [7, 11) is 0. The molecule has 1 heterocycles. The van der Waals surface area contributed by atoms with Gasteiger partial charge in [-0.2, -0.15) is 0 Å². The van der Waals surface area contributed by atoms with Crippen molar-refractivity contribution in [3.8, 4) is 0 Å². The van der Waals surface area contributed by atoms with E-state index in [1.54, 1.807) is 6.20 Å². The van der Waals surface area contributed by atoms with Crippen molar-refractivity contribution >= 4 is 5.82 Å². The largest absolute Gasteiger partial charge is 0.383 e. The van der Waals surface area contributed by atoms with Crippen LogP contribution < -0.4 is 11.5 Å². The Balaban J connectivity index is 2.20. The van der Waals surface area contributed by atoms with Crippen molar-refractivity contribution in [3.63, 3.8) is 0 Å². The zero-order valence-corrected chi connectivity index (χ0v) is 8.93. The standard InChI is InChI=1S/C12H14N4/c13-7-10-8-15-11(16-12(10)14)6-9-4-2-1-3-5-9/h1-5,8H,6-7,13H2,(H2,14,15,16). The Kier molecular flexibility index (Phi) is 3.12. The number of nitrogen functional groups attached to an aromatic ring is 1. The highest BCUT2D eigenvalue weighted by Crippen LogP contribution is 2.09. The van der Waals surface area contributed by atoms with Crippen LogP contribution in [0.5, 0.6) is 0 Å². The van der Waals surface area contributed by atoms with Gasteiger partial charge in [-0.15, -0.1) is 0 Å². The molecule has 0 aliphatic heterocycles. The third-order valence-corrected chi connectivity index (χ3v) is 2.37. The molecular weight excluding hydrogens is 200 g/mol. The molecule has 0 saturated heterocycles. The van der Waals surface area contributed by atoms with Gasteiger partial charge in [0.2, 0.25) is 0 Å². The molecule has 0 atom stereocenters. The highest BCUT2D eigenvalue weighted by Gasteiger charge is 2.03. The number of benzene rings is 1. The van der Waals surface area contributed by atoms with Crippen LogP contribution in [-0.2, 0) is 13.0 Å². The van der Waals surface area contributed by atoms with Crippen LogP contribution in [0.1, 0.15) is 17.0 Å². The summed E-state index contributed by atoms with van der Waals surface area (Å²) in [5.74, 6) is 1.20. The van der Waals surface area contributed by atoms with Gasteiger partial charge in [0.15, 0.2) is 0 Å². The summed E-state index contributed by atoms with van der Waals surface area (Å²) in [6, 6.07) is 10.0. The van der Waals surface area contributed by atoms with Crippen LogP contribution in [0.25, 0.3) is 0 Å². The Labute approximate surface area is 94.3 Å². The van der Waals surface area contributed by atoms with Crippen molar-refractivity contribution in [3.05, 3.63) is 53.5 Å². The number of nitrogens with two attached hydrogens (primary N) is 2. The van der Waals surface area contributed by atoms with Gasteiger partial charge in [0.25, 0.3) is 0 Å². The first-order chi connectivity index (χ1) is 7.79. The minimum Gasteiger partial charge on any atom is -0.383 e. The predicted molar refractivity (Wildman–Crippen MR) is 63.6 cm³/mol. The summed E-state index contributed by atoms with van der Waals surface area (Å²) in [6.45, 7) is 0.372. The molecule has 2 aromatic rings. The first-order valence-corrected chi connectivity index (χ1v) is 5.14. The molecule has 0 bridgehead atoms. The lowest BCUT2D eigenvalue weighted by Crippen LogP contribution is -2.07. The van der Waals surface area contributed by atoms with Gasteiger partial charge in [-0.3, -0.25) is 0 Å². The van der Waals surface area contributed by atoms with Crippen LogP contribution in [0.2, 0.25) is 0 Å². The van der Waals surface area contributed by atoms with E-state index in [2.05, 4.69) is 9.97 Å². The van der Waals surface area contributed by atoms with Crippen LogP contribution in [0, 0.1) is 0 Å². The Morgan fingerprint density at radius 1 is 1.12 bits per heavy atom. The van der Waals surface area contributed by atoms with Crippen LogP contribution in [-0.4, -0.2) is 9.97 Å².